The van der Waals surface area contributed by atoms with Gasteiger partial charge in [0.05, 0.1) is 19.8 Å². The molecule has 24 heavy (non-hydrogen) atoms. The van der Waals surface area contributed by atoms with Crippen molar-refractivity contribution in [2.45, 2.75) is 0 Å². The van der Waals surface area contributed by atoms with Gasteiger partial charge in [-0.1, -0.05) is 0 Å². The summed E-state index contributed by atoms with van der Waals surface area (Å²) in [5.41, 5.74) is 2.38. The van der Waals surface area contributed by atoms with Gasteiger partial charge in [-0.05, 0) is 30.5 Å². The summed E-state index contributed by atoms with van der Waals surface area (Å²) in [7, 11) is 3.12. The number of ether oxygens (including phenoxy) is 2. The molecule has 0 bridgehead atoms. The molecule has 4 nitrogen and oxygen atoms in total. The number of methoxy groups -OCH3 is 2. The van der Waals surface area contributed by atoms with Gasteiger partial charge in [0.2, 0.25) is 0 Å². The van der Waals surface area contributed by atoms with Crippen molar-refractivity contribution in [3.8, 4) is 11.5 Å². The number of allylic oxidation sites excluding steroid dienone is 2. The Hall–Kier alpha value is -2.83. The van der Waals surface area contributed by atoms with Crippen molar-refractivity contribution >= 4 is 18.8 Å². The standard InChI is InChI=1S/C17H15BF2N2O2/c1-23-12-7-8-13(16(11-12)24-2)17-14-5-3-9-21(14)18(19,20)22-10-4-6-15(17)22/h3-11H,1-2H3. The molecule has 2 aromatic rings. The molecule has 0 saturated carbocycles. The Labute approximate surface area is 138 Å². The summed E-state index contributed by atoms with van der Waals surface area (Å²) in [4.78, 5) is 0. The summed E-state index contributed by atoms with van der Waals surface area (Å²) in [5.74, 6) is 1.22. The maximum atomic E-state index is 14.8. The zero-order valence-electron chi connectivity index (χ0n) is 13.2. The van der Waals surface area contributed by atoms with Gasteiger partial charge in [0, 0.05) is 29.5 Å². The van der Waals surface area contributed by atoms with Crippen molar-refractivity contribution in [3.63, 3.8) is 0 Å². The molecule has 122 valence electrons. The predicted octanol–water partition coefficient (Wildman–Crippen LogP) is 3.15. The molecule has 3 heterocycles. The number of nitrogens with zero attached hydrogens (tertiary/aromatic N) is 2. The van der Waals surface area contributed by atoms with Crippen LogP contribution >= 0.6 is 0 Å². The molecule has 0 atom stereocenters. The zero-order chi connectivity index (χ0) is 16.9. The Morgan fingerprint density at radius 2 is 1.96 bits per heavy atom. The molecular formula is C17H15BF2N2O2. The van der Waals surface area contributed by atoms with Crippen LogP contribution in [0.1, 0.15) is 11.3 Å². The second-order valence-corrected chi connectivity index (χ2v) is 5.63. The van der Waals surface area contributed by atoms with Gasteiger partial charge in [0.1, 0.15) is 17.7 Å². The van der Waals surface area contributed by atoms with Crippen molar-refractivity contribution in [1.82, 2.24) is 4.48 Å². The van der Waals surface area contributed by atoms with E-state index < -0.39 is 6.97 Å². The van der Waals surface area contributed by atoms with Crippen LogP contribution in [0.2, 0.25) is 0 Å². The van der Waals surface area contributed by atoms with Gasteiger partial charge in [0.15, 0.2) is 5.70 Å². The van der Waals surface area contributed by atoms with E-state index in [1.165, 1.54) is 12.4 Å². The van der Waals surface area contributed by atoms with E-state index in [0.717, 1.165) is 14.5 Å². The minimum absolute atomic E-state index is 0.467. The van der Waals surface area contributed by atoms with Gasteiger partial charge < -0.3 is 27.1 Å². The summed E-state index contributed by atoms with van der Waals surface area (Å²) in [6, 6.07) is 8.71. The van der Waals surface area contributed by atoms with E-state index in [2.05, 4.69) is 0 Å². The lowest BCUT2D eigenvalue weighted by Crippen LogP contribution is -2.49. The van der Waals surface area contributed by atoms with Crippen LogP contribution in [-0.4, -0.2) is 36.4 Å². The average molecular weight is 328 g/mol. The fourth-order valence-electron chi connectivity index (χ4n) is 3.30. The molecule has 7 heteroatoms. The molecule has 0 N–H and O–H groups in total. The molecule has 0 saturated heterocycles. The number of halogens is 2. The molecular weight excluding hydrogens is 313 g/mol. The maximum absolute atomic E-state index is 14.8. The number of rotatable bonds is 3. The number of hydrogen-bond acceptors (Lipinski definition) is 2. The first kappa shape index (κ1) is 14.7. The van der Waals surface area contributed by atoms with Crippen molar-refractivity contribution in [1.29, 1.82) is 0 Å². The van der Waals surface area contributed by atoms with Crippen molar-refractivity contribution < 1.29 is 22.6 Å². The fraction of sp³-hybridized carbons (Fsp3) is 0.118. The lowest BCUT2D eigenvalue weighted by atomic mass is 9.86. The van der Waals surface area contributed by atoms with Crippen LogP contribution in [0.4, 0.5) is 8.63 Å². The van der Waals surface area contributed by atoms with Crippen LogP contribution in [0, 0.1) is 0 Å². The van der Waals surface area contributed by atoms with Crippen LogP contribution < -0.4 is 9.47 Å². The van der Waals surface area contributed by atoms with Crippen LogP contribution in [0.5, 0.6) is 11.5 Å². The highest BCUT2D eigenvalue weighted by Crippen LogP contribution is 2.42. The lowest BCUT2D eigenvalue weighted by Gasteiger charge is -2.31. The van der Waals surface area contributed by atoms with E-state index >= 15 is 0 Å². The van der Waals surface area contributed by atoms with Crippen LogP contribution in [-0.2, 0) is 0 Å². The average Bonchev–Trinajstić information content (AvgIpc) is 3.25. The van der Waals surface area contributed by atoms with Gasteiger partial charge >= 0.3 is 6.97 Å². The van der Waals surface area contributed by atoms with E-state index in [1.807, 2.05) is 6.07 Å². The van der Waals surface area contributed by atoms with Crippen LogP contribution in [0.15, 0.2) is 54.4 Å². The Morgan fingerprint density at radius 1 is 1.12 bits per heavy atom. The largest absolute Gasteiger partial charge is 0.737 e. The summed E-state index contributed by atoms with van der Waals surface area (Å²) < 4.78 is 42.3. The second-order valence-electron chi connectivity index (χ2n) is 5.63. The first-order valence-electron chi connectivity index (χ1n) is 7.54. The highest BCUT2D eigenvalue weighted by molar-refractivity contribution is 6.57. The molecule has 2 aliphatic rings. The minimum atomic E-state index is -3.89. The minimum Gasteiger partial charge on any atom is -0.497 e. The maximum Gasteiger partial charge on any atom is 0.737 e. The molecule has 0 aliphatic carbocycles. The lowest BCUT2D eigenvalue weighted by molar-refractivity contribution is -0.356. The van der Waals surface area contributed by atoms with E-state index in [0.29, 0.717) is 28.5 Å². The third kappa shape index (κ3) is 1.87. The fourth-order valence-corrected chi connectivity index (χ4v) is 3.30. The van der Waals surface area contributed by atoms with Gasteiger partial charge in [-0.25, -0.2) is 0 Å². The number of aromatic nitrogens is 1. The predicted molar refractivity (Wildman–Crippen MR) is 88.8 cm³/mol. The van der Waals surface area contributed by atoms with Crippen molar-refractivity contribution in [3.05, 3.63) is 65.6 Å². The first-order chi connectivity index (χ1) is 11.6. The topological polar surface area (TPSA) is 26.4 Å². The van der Waals surface area contributed by atoms with Gasteiger partial charge in [0.25, 0.3) is 0 Å². The summed E-state index contributed by atoms with van der Waals surface area (Å²) >= 11 is 0. The zero-order valence-corrected chi connectivity index (χ0v) is 13.2. The molecule has 0 spiro atoms. The quantitative estimate of drug-likeness (QED) is 0.809. The van der Waals surface area contributed by atoms with Crippen molar-refractivity contribution in [2.75, 3.05) is 14.2 Å². The normalized spacial score (nSPS) is 17.4. The van der Waals surface area contributed by atoms with E-state index in [-0.39, 0.29) is 0 Å². The SMILES string of the molecule is COc1ccc(C2=C3C=CC=[N+]3[B-](F)(F)n3cccc32)c(OC)c1. The number of benzene rings is 1. The third-order valence-electron chi connectivity index (χ3n) is 4.42. The molecule has 1 aromatic heterocycles. The Kier molecular flexibility index (Phi) is 3.13. The summed E-state index contributed by atoms with van der Waals surface area (Å²) in [6.45, 7) is -3.89. The Bertz CT molecular complexity index is 928. The van der Waals surface area contributed by atoms with E-state index in [4.69, 9.17) is 9.47 Å². The number of fused-ring (bicyclic) bond motifs is 2. The first-order valence-corrected chi connectivity index (χ1v) is 7.54. The van der Waals surface area contributed by atoms with Gasteiger partial charge in [-0.3, -0.25) is 0 Å². The highest BCUT2D eigenvalue weighted by Gasteiger charge is 2.51. The van der Waals surface area contributed by atoms with Crippen molar-refractivity contribution in [2.24, 2.45) is 0 Å². The number of hydrogen-bond donors (Lipinski definition) is 0. The molecule has 0 amide bonds. The van der Waals surface area contributed by atoms with E-state index in [1.54, 1.807) is 50.6 Å². The van der Waals surface area contributed by atoms with Gasteiger partial charge in [-0.2, -0.15) is 0 Å². The summed E-state index contributed by atoms with van der Waals surface area (Å²) in [6.07, 6.45) is 6.15. The monoisotopic (exact) mass is 328 g/mol. The molecule has 1 aromatic carbocycles. The van der Waals surface area contributed by atoms with Gasteiger partial charge in [-0.15, -0.1) is 0 Å². The van der Waals surface area contributed by atoms with E-state index in [9.17, 15) is 8.63 Å². The highest BCUT2D eigenvalue weighted by atomic mass is 19.2. The molecule has 0 fully saturated rings. The molecule has 4 rings (SSSR count). The second kappa shape index (κ2) is 5.09. The molecule has 2 aliphatic heterocycles. The third-order valence-corrected chi connectivity index (χ3v) is 4.42. The smallest absolute Gasteiger partial charge is 0.497 e. The Balaban J connectivity index is 2.02. The molecule has 0 radical (unpaired) electrons. The van der Waals surface area contributed by atoms with Crippen LogP contribution in [0.3, 0.4) is 0 Å². The van der Waals surface area contributed by atoms with Crippen LogP contribution in [0.25, 0.3) is 5.57 Å². The summed E-state index contributed by atoms with van der Waals surface area (Å²) in [5, 5.41) is 0. The molecule has 0 unspecified atom stereocenters. The Morgan fingerprint density at radius 3 is 2.71 bits per heavy atom.